The number of hydrogen-bond donors (Lipinski definition) is 1. The Morgan fingerprint density at radius 1 is 0.943 bits per heavy atom. The van der Waals surface area contributed by atoms with Gasteiger partial charge in [0, 0.05) is 35.2 Å². The number of para-hydroxylation sites is 1. The van der Waals surface area contributed by atoms with Crippen molar-refractivity contribution in [2.75, 3.05) is 13.1 Å². The molecule has 0 aliphatic carbocycles. The molecule has 1 aromatic heterocycles. The van der Waals surface area contributed by atoms with Gasteiger partial charge in [-0.25, -0.2) is 0 Å². The highest BCUT2D eigenvalue weighted by Gasteiger charge is 2.26. The van der Waals surface area contributed by atoms with Gasteiger partial charge in [0.2, 0.25) is 5.91 Å². The molecule has 0 saturated carbocycles. The Morgan fingerprint density at radius 3 is 2.46 bits per heavy atom. The van der Waals surface area contributed by atoms with Crippen LogP contribution in [0.5, 0.6) is 0 Å². The summed E-state index contributed by atoms with van der Waals surface area (Å²) in [4.78, 5) is 15.4. The van der Waals surface area contributed by atoms with Crippen LogP contribution in [0.4, 0.5) is 0 Å². The molecule has 0 radical (unpaired) electrons. The van der Waals surface area contributed by atoms with E-state index in [0.29, 0.717) is 0 Å². The number of piperidine rings is 1. The summed E-state index contributed by atoms with van der Waals surface area (Å²) in [6.45, 7) is 5.58. The van der Waals surface area contributed by atoms with E-state index in [1.165, 1.54) is 22.2 Å². The predicted molar refractivity (Wildman–Crippen MR) is 143 cm³/mol. The van der Waals surface area contributed by atoms with Gasteiger partial charge in [0.05, 0.1) is 6.04 Å². The molecule has 1 aliphatic heterocycles. The minimum Gasteiger partial charge on any atom is -0.349 e. The number of hydrogen-bond acceptors (Lipinski definition) is 2. The van der Waals surface area contributed by atoms with E-state index in [-0.39, 0.29) is 17.9 Å². The highest BCUT2D eigenvalue weighted by molar-refractivity contribution is 6.30. The molecule has 1 N–H and O–H groups in total. The standard InChI is InChI=1S/C30H32ClN3O/c1-22(24-9-3-2-4-10-24)32-30(35)25-14-16-33(17-15-25)21-28-19-26-11-5-6-13-29(26)34(28)20-23-8-7-12-27(31)18-23/h2-13,18-19,22,25H,14-17,20-21H2,1H3,(H,32,35)/t22-/m0/s1. The molecule has 1 saturated heterocycles. The van der Waals surface area contributed by atoms with E-state index in [1.807, 2.05) is 36.4 Å². The number of fused-ring (bicyclic) bond motifs is 1. The van der Waals surface area contributed by atoms with Gasteiger partial charge in [-0.3, -0.25) is 9.69 Å². The summed E-state index contributed by atoms with van der Waals surface area (Å²) in [7, 11) is 0. The maximum atomic E-state index is 12.9. The van der Waals surface area contributed by atoms with Gasteiger partial charge in [-0.2, -0.15) is 0 Å². The van der Waals surface area contributed by atoms with E-state index in [2.05, 4.69) is 70.2 Å². The molecular formula is C30H32ClN3O. The summed E-state index contributed by atoms with van der Waals surface area (Å²) < 4.78 is 2.40. The van der Waals surface area contributed by atoms with E-state index < -0.39 is 0 Å². The van der Waals surface area contributed by atoms with Gasteiger partial charge in [0.25, 0.3) is 0 Å². The second-order valence-electron chi connectivity index (χ2n) is 9.60. The summed E-state index contributed by atoms with van der Waals surface area (Å²) in [6, 6.07) is 29.2. The first kappa shape index (κ1) is 23.7. The van der Waals surface area contributed by atoms with Crippen LogP contribution < -0.4 is 5.32 Å². The van der Waals surface area contributed by atoms with Crippen molar-refractivity contribution in [3.05, 3.63) is 107 Å². The molecule has 1 amide bonds. The first-order valence-electron chi connectivity index (χ1n) is 12.5. The second kappa shape index (κ2) is 10.7. The van der Waals surface area contributed by atoms with E-state index in [9.17, 15) is 4.79 Å². The molecule has 4 nitrogen and oxygen atoms in total. The second-order valence-corrected chi connectivity index (χ2v) is 10.0. The Morgan fingerprint density at radius 2 is 1.69 bits per heavy atom. The number of halogens is 1. The third-order valence-corrected chi connectivity index (χ3v) is 7.36. The lowest BCUT2D eigenvalue weighted by atomic mass is 9.95. The molecular weight excluding hydrogens is 454 g/mol. The zero-order valence-corrected chi connectivity index (χ0v) is 20.9. The topological polar surface area (TPSA) is 37.3 Å². The molecule has 3 aromatic carbocycles. The number of benzene rings is 3. The maximum absolute atomic E-state index is 12.9. The molecule has 5 rings (SSSR count). The quantitative estimate of drug-likeness (QED) is 0.327. The molecule has 35 heavy (non-hydrogen) atoms. The minimum atomic E-state index is 0.0314. The van der Waals surface area contributed by atoms with Crippen molar-refractivity contribution in [3.8, 4) is 0 Å². The fourth-order valence-corrected chi connectivity index (χ4v) is 5.35. The highest BCUT2D eigenvalue weighted by Crippen LogP contribution is 2.26. The molecule has 0 unspecified atom stereocenters. The van der Waals surface area contributed by atoms with Gasteiger partial charge in [0.1, 0.15) is 0 Å². The largest absolute Gasteiger partial charge is 0.349 e. The van der Waals surface area contributed by atoms with Crippen LogP contribution >= 0.6 is 11.6 Å². The third-order valence-electron chi connectivity index (χ3n) is 7.13. The first-order chi connectivity index (χ1) is 17.1. The number of carbonyl (C=O) groups is 1. The van der Waals surface area contributed by atoms with Crippen molar-refractivity contribution in [2.24, 2.45) is 5.92 Å². The third kappa shape index (κ3) is 5.61. The Hall–Kier alpha value is -3.08. The molecule has 2 heterocycles. The van der Waals surface area contributed by atoms with Crippen molar-refractivity contribution >= 4 is 28.4 Å². The number of rotatable bonds is 7. The summed E-state index contributed by atoms with van der Waals surface area (Å²) in [5.41, 5.74) is 4.88. The molecule has 0 bridgehead atoms. The average Bonchev–Trinajstić information content (AvgIpc) is 3.21. The lowest BCUT2D eigenvalue weighted by molar-refractivity contribution is -0.127. The monoisotopic (exact) mass is 485 g/mol. The zero-order valence-electron chi connectivity index (χ0n) is 20.2. The summed E-state index contributed by atoms with van der Waals surface area (Å²) >= 11 is 6.25. The average molecular weight is 486 g/mol. The van der Waals surface area contributed by atoms with Crippen molar-refractivity contribution in [1.29, 1.82) is 0 Å². The summed E-state index contributed by atoms with van der Waals surface area (Å²) in [6.07, 6.45) is 1.78. The normalized spacial score (nSPS) is 15.8. The lowest BCUT2D eigenvalue weighted by Crippen LogP contribution is -2.41. The van der Waals surface area contributed by atoms with E-state index in [4.69, 9.17) is 11.6 Å². The van der Waals surface area contributed by atoms with E-state index >= 15 is 0 Å². The van der Waals surface area contributed by atoms with Gasteiger partial charge in [-0.15, -0.1) is 0 Å². The summed E-state index contributed by atoms with van der Waals surface area (Å²) in [5, 5.41) is 5.24. The van der Waals surface area contributed by atoms with Crippen molar-refractivity contribution in [1.82, 2.24) is 14.8 Å². The molecule has 180 valence electrons. The molecule has 1 atom stereocenters. The fraction of sp³-hybridized carbons (Fsp3) is 0.300. The van der Waals surface area contributed by atoms with E-state index in [0.717, 1.165) is 49.6 Å². The predicted octanol–water partition coefficient (Wildman–Crippen LogP) is 6.43. The Balaban J connectivity index is 1.24. The van der Waals surface area contributed by atoms with Crippen LogP contribution in [0.3, 0.4) is 0 Å². The van der Waals surface area contributed by atoms with Crippen LogP contribution in [-0.2, 0) is 17.9 Å². The zero-order chi connectivity index (χ0) is 24.2. The van der Waals surface area contributed by atoms with Crippen molar-refractivity contribution in [2.45, 2.75) is 38.9 Å². The number of nitrogens with one attached hydrogen (secondary N) is 1. The van der Waals surface area contributed by atoms with Gasteiger partial charge < -0.3 is 9.88 Å². The van der Waals surface area contributed by atoms with Gasteiger partial charge >= 0.3 is 0 Å². The van der Waals surface area contributed by atoms with Crippen molar-refractivity contribution in [3.63, 3.8) is 0 Å². The number of carbonyl (C=O) groups excluding carboxylic acids is 1. The van der Waals surface area contributed by atoms with Crippen LogP contribution in [-0.4, -0.2) is 28.5 Å². The highest BCUT2D eigenvalue weighted by atomic mass is 35.5. The van der Waals surface area contributed by atoms with Crippen LogP contribution in [0.2, 0.25) is 5.02 Å². The first-order valence-corrected chi connectivity index (χ1v) is 12.8. The molecule has 4 aromatic rings. The fourth-order valence-electron chi connectivity index (χ4n) is 5.14. The maximum Gasteiger partial charge on any atom is 0.223 e. The Labute approximate surface area is 212 Å². The van der Waals surface area contributed by atoms with Crippen molar-refractivity contribution < 1.29 is 4.79 Å². The van der Waals surface area contributed by atoms with Gasteiger partial charge in [-0.1, -0.05) is 72.3 Å². The van der Waals surface area contributed by atoms with Crippen LogP contribution in [0.25, 0.3) is 10.9 Å². The summed E-state index contributed by atoms with van der Waals surface area (Å²) in [5.74, 6) is 0.255. The SMILES string of the molecule is C[C@H](NC(=O)C1CCN(Cc2cc3ccccc3n2Cc2cccc(Cl)c2)CC1)c1ccccc1. The number of likely N-dealkylation sites (tertiary alicyclic amines) is 1. The van der Waals surface area contributed by atoms with Gasteiger partial charge in [-0.05, 0) is 73.6 Å². The Kier molecular flexibility index (Phi) is 7.21. The molecule has 0 spiro atoms. The molecule has 5 heteroatoms. The lowest BCUT2D eigenvalue weighted by Gasteiger charge is -2.32. The minimum absolute atomic E-state index is 0.0314. The van der Waals surface area contributed by atoms with Crippen LogP contribution in [0.1, 0.15) is 42.6 Å². The number of aromatic nitrogens is 1. The molecule has 1 aliphatic rings. The number of amides is 1. The van der Waals surface area contributed by atoms with E-state index in [1.54, 1.807) is 0 Å². The number of nitrogens with zero attached hydrogens (tertiary/aromatic N) is 2. The van der Waals surface area contributed by atoms with Crippen LogP contribution in [0.15, 0.2) is 84.9 Å². The Bertz CT molecular complexity index is 1290. The van der Waals surface area contributed by atoms with Crippen LogP contribution in [0, 0.1) is 5.92 Å². The molecule has 1 fully saturated rings. The smallest absolute Gasteiger partial charge is 0.223 e. The van der Waals surface area contributed by atoms with Gasteiger partial charge in [0.15, 0.2) is 0 Å².